The third-order valence-corrected chi connectivity index (χ3v) is 4.84. The summed E-state index contributed by atoms with van der Waals surface area (Å²) in [5, 5.41) is 3.03. The third-order valence-electron chi connectivity index (χ3n) is 4.84. The summed E-state index contributed by atoms with van der Waals surface area (Å²) in [6, 6.07) is 7.54. The smallest absolute Gasteiger partial charge is 0.490 e. The Morgan fingerprint density at radius 3 is 2.63 bits per heavy atom. The van der Waals surface area contributed by atoms with Crippen LogP contribution in [-0.4, -0.2) is 30.0 Å². The quantitative estimate of drug-likeness (QED) is 0.763. The van der Waals surface area contributed by atoms with Gasteiger partial charge in [-0.05, 0) is 36.5 Å². The molecule has 2 bridgehead atoms. The first kappa shape index (κ1) is 19.7. The molecule has 2 fully saturated rings. The van der Waals surface area contributed by atoms with E-state index >= 15 is 0 Å². The van der Waals surface area contributed by atoms with E-state index in [1.807, 2.05) is 30.3 Å². The van der Waals surface area contributed by atoms with Crippen molar-refractivity contribution in [2.45, 2.75) is 63.6 Å². The van der Waals surface area contributed by atoms with Crippen molar-refractivity contribution in [3.05, 3.63) is 35.9 Å². The molecular weight excluding hydrogens is 359 g/mol. The molecule has 1 aromatic carbocycles. The second-order valence-electron chi connectivity index (χ2n) is 7.61. The lowest BCUT2D eigenvalue weighted by molar-refractivity contribution is -0.219. The fourth-order valence-electron chi connectivity index (χ4n) is 3.63. The van der Waals surface area contributed by atoms with Crippen LogP contribution in [0.2, 0.25) is 0 Å². The van der Waals surface area contributed by atoms with Crippen LogP contribution in [0, 0.1) is 5.92 Å². The Hall–Kier alpha value is -2.02. The van der Waals surface area contributed by atoms with Crippen LogP contribution in [0.5, 0.6) is 5.75 Å². The number of carbonyl (C=O) groups is 1. The molecular formula is C20H24F3NO3. The molecule has 3 rings (SSSR count). The predicted molar refractivity (Wildman–Crippen MR) is 95.0 cm³/mol. The topological polar surface area (TPSA) is 47.6 Å². The Bertz CT molecular complexity index is 699. The molecule has 27 heavy (non-hydrogen) atoms. The summed E-state index contributed by atoms with van der Waals surface area (Å²) in [6.45, 7) is 4.20. The molecule has 7 heteroatoms. The summed E-state index contributed by atoms with van der Waals surface area (Å²) in [5.41, 5.74) is -0.239. The maximum absolute atomic E-state index is 12.6. The highest BCUT2D eigenvalue weighted by atomic mass is 19.4. The number of rotatable bonds is 5. The van der Waals surface area contributed by atoms with Crippen LogP contribution in [0.25, 0.3) is 6.08 Å². The minimum Gasteiger partial charge on any atom is -0.490 e. The van der Waals surface area contributed by atoms with Crippen LogP contribution in [0.4, 0.5) is 13.2 Å². The lowest BCUT2D eigenvalue weighted by Crippen LogP contribution is -2.56. The van der Waals surface area contributed by atoms with E-state index in [9.17, 15) is 18.0 Å². The van der Waals surface area contributed by atoms with Gasteiger partial charge in [0.05, 0.1) is 0 Å². The average Bonchev–Trinajstić information content (AvgIpc) is 2.88. The van der Waals surface area contributed by atoms with Crippen molar-refractivity contribution in [3.8, 4) is 5.75 Å². The molecule has 1 aromatic rings. The van der Waals surface area contributed by atoms with E-state index in [0.29, 0.717) is 30.9 Å². The monoisotopic (exact) mass is 383 g/mol. The molecule has 0 spiro atoms. The Labute approximate surface area is 156 Å². The van der Waals surface area contributed by atoms with E-state index in [-0.39, 0.29) is 18.6 Å². The van der Waals surface area contributed by atoms with Crippen molar-refractivity contribution in [1.82, 2.24) is 5.32 Å². The molecule has 0 aliphatic carbocycles. The number of hydrogen-bond acceptors (Lipinski definition) is 4. The Balaban J connectivity index is 1.64. The molecule has 0 radical (unpaired) electrons. The fraction of sp³-hybridized carbons (Fsp3) is 0.550. The van der Waals surface area contributed by atoms with Crippen LogP contribution in [-0.2, 0) is 9.53 Å². The lowest BCUT2D eigenvalue weighted by Gasteiger charge is -2.38. The number of alkyl halides is 3. The van der Waals surface area contributed by atoms with Crippen LogP contribution in [0.15, 0.2) is 30.3 Å². The van der Waals surface area contributed by atoms with E-state index in [2.05, 4.69) is 25.2 Å². The number of halogens is 3. The summed E-state index contributed by atoms with van der Waals surface area (Å²) in [7, 11) is 0. The second-order valence-corrected chi connectivity index (χ2v) is 7.61. The molecule has 0 aromatic heterocycles. The summed E-state index contributed by atoms with van der Waals surface area (Å²) in [6.07, 6.45) is 0.700. The molecule has 148 valence electrons. The molecule has 2 aliphatic heterocycles. The molecule has 4 nitrogen and oxygen atoms in total. The van der Waals surface area contributed by atoms with E-state index in [4.69, 9.17) is 9.47 Å². The first-order valence-corrected chi connectivity index (χ1v) is 9.18. The highest BCUT2D eigenvalue weighted by molar-refractivity contribution is 5.76. The molecule has 0 saturated carbocycles. The van der Waals surface area contributed by atoms with Gasteiger partial charge < -0.3 is 9.47 Å². The highest BCUT2D eigenvalue weighted by Crippen LogP contribution is 2.39. The number of benzene rings is 1. The molecule has 3 unspecified atom stereocenters. The molecule has 1 N–H and O–H groups in total. The van der Waals surface area contributed by atoms with Gasteiger partial charge in [0.2, 0.25) is 0 Å². The number of fused-ring (bicyclic) bond motifs is 2. The number of piperidine rings is 1. The zero-order valence-corrected chi connectivity index (χ0v) is 15.4. The normalized spacial score (nSPS) is 27.9. The SMILES string of the molecule is CC(C)/C=C/c1ccc(OC2CC3CCC(OC(=O)C(F)(F)F)(C2)N3)cc1. The van der Waals surface area contributed by atoms with Gasteiger partial charge in [0, 0.05) is 18.9 Å². The van der Waals surface area contributed by atoms with Gasteiger partial charge in [0.25, 0.3) is 0 Å². The van der Waals surface area contributed by atoms with Gasteiger partial charge >= 0.3 is 12.1 Å². The highest BCUT2D eigenvalue weighted by Gasteiger charge is 2.53. The Morgan fingerprint density at radius 1 is 1.30 bits per heavy atom. The van der Waals surface area contributed by atoms with Crippen LogP contribution < -0.4 is 10.1 Å². The average molecular weight is 383 g/mol. The Kier molecular flexibility index (Phi) is 5.51. The van der Waals surface area contributed by atoms with Gasteiger partial charge in [-0.1, -0.05) is 38.1 Å². The van der Waals surface area contributed by atoms with E-state index < -0.39 is 17.9 Å². The van der Waals surface area contributed by atoms with Gasteiger partial charge in [-0.15, -0.1) is 0 Å². The van der Waals surface area contributed by atoms with E-state index in [0.717, 1.165) is 5.56 Å². The largest absolute Gasteiger partial charge is 0.490 e. The van der Waals surface area contributed by atoms with Gasteiger partial charge in [-0.3, -0.25) is 5.32 Å². The minimum atomic E-state index is -5.00. The number of carbonyl (C=O) groups excluding carboxylic acids is 1. The second kappa shape index (κ2) is 7.54. The summed E-state index contributed by atoms with van der Waals surface area (Å²) >= 11 is 0. The number of ether oxygens (including phenoxy) is 2. The van der Waals surface area contributed by atoms with Crippen molar-refractivity contribution in [1.29, 1.82) is 0 Å². The fourth-order valence-corrected chi connectivity index (χ4v) is 3.63. The van der Waals surface area contributed by atoms with Gasteiger partial charge in [-0.2, -0.15) is 13.2 Å². The zero-order chi connectivity index (χ0) is 19.7. The van der Waals surface area contributed by atoms with Gasteiger partial charge in [0.15, 0.2) is 5.72 Å². The molecule has 2 heterocycles. The number of nitrogens with one attached hydrogen (secondary N) is 1. The van der Waals surface area contributed by atoms with E-state index in [1.165, 1.54) is 0 Å². The summed E-state index contributed by atoms with van der Waals surface area (Å²) in [5.74, 6) is -1.04. The van der Waals surface area contributed by atoms with Crippen LogP contribution in [0.3, 0.4) is 0 Å². The van der Waals surface area contributed by atoms with Crippen molar-refractivity contribution >= 4 is 12.0 Å². The van der Waals surface area contributed by atoms with Gasteiger partial charge in [-0.25, -0.2) is 4.79 Å². The maximum atomic E-state index is 12.6. The third kappa shape index (κ3) is 5.03. The van der Waals surface area contributed by atoms with Gasteiger partial charge in [0.1, 0.15) is 11.9 Å². The summed E-state index contributed by atoms with van der Waals surface area (Å²) in [4.78, 5) is 11.3. The van der Waals surface area contributed by atoms with E-state index in [1.54, 1.807) is 0 Å². The van der Waals surface area contributed by atoms with Crippen LogP contribution in [0.1, 0.15) is 45.1 Å². The predicted octanol–water partition coefficient (Wildman–Crippen LogP) is 4.45. The standard InChI is InChI=1S/C20H24F3NO3/c1-13(2)3-4-14-5-7-16(8-6-14)26-17-11-15-9-10-19(12-17,24-15)27-18(25)20(21,22)23/h3-8,13,15,17,24H,9-12H2,1-2H3/b4-3+. The Morgan fingerprint density at radius 2 is 2.00 bits per heavy atom. The van der Waals surface area contributed by atoms with Crippen molar-refractivity contribution in [3.63, 3.8) is 0 Å². The van der Waals surface area contributed by atoms with Crippen LogP contribution >= 0.6 is 0 Å². The van der Waals surface area contributed by atoms with Crippen molar-refractivity contribution in [2.24, 2.45) is 5.92 Å². The first-order valence-electron chi connectivity index (χ1n) is 9.18. The first-order chi connectivity index (χ1) is 12.7. The molecule has 0 amide bonds. The van der Waals surface area contributed by atoms with Crippen molar-refractivity contribution < 1.29 is 27.4 Å². The number of hydrogen-bond donors (Lipinski definition) is 1. The molecule has 3 atom stereocenters. The number of allylic oxidation sites excluding steroid dienone is 1. The molecule has 2 aliphatic rings. The van der Waals surface area contributed by atoms with Crippen molar-refractivity contribution in [2.75, 3.05) is 0 Å². The zero-order valence-electron chi connectivity index (χ0n) is 15.4. The molecule has 2 saturated heterocycles. The minimum absolute atomic E-state index is 0.0157. The maximum Gasteiger partial charge on any atom is 0.490 e. The number of esters is 1. The summed E-state index contributed by atoms with van der Waals surface area (Å²) < 4.78 is 48.5. The lowest BCUT2D eigenvalue weighted by atomic mass is 9.99.